The molecule has 0 saturated carbocycles. The SMILES string of the molecule is CC(C)c1cn(N)nn1. The van der Waals surface area contributed by atoms with Crippen LogP contribution >= 0.6 is 0 Å². The molecule has 0 bridgehead atoms. The van der Waals surface area contributed by atoms with Gasteiger partial charge in [0.25, 0.3) is 0 Å². The summed E-state index contributed by atoms with van der Waals surface area (Å²) in [6.07, 6.45) is 1.71. The summed E-state index contributed by atoms with van der Waals surface area (Å²) < 4.78 is 0. The van der Waals surface area contributed by atoms with E-state index < -0.39 is 0 Å². The molecule has 0 unspecified atom stereocenters. The van der Waals surface area contributed by atoms with E-state index in [1.807, 2.05) is 13.8 Å². The van der Waals surface area contributed by atoms with Crippen molar-refractivity contribution in [3.63, 3.8) is 0 Å². The van der Waals surface area contributed by atoms with Gasteiger partial charge < -0.3 is 5.84 Å². The van der Waals surface area contributed by atoms with Gasteiger partial charge in [-0.2, -0.15) is 4.79 Å². The summed E-state index contributed by atoms with van der Waals surface area (Å²) in [5.41, 5.74) is 0.928. The van der Waals surface area contributed by atoms with Crippen molar-refractivity contribution >= 4 is 0 Å². The molecule has 1 aromatic heterocycles. The summed E-state index contributed by atoms with van der Waals surface area (Å²) in [4.78, 5) is 1.22. The minimum absolute atomic E-state index is 0.405. The Morgan fingerprint density at radius 3 is 2.56 bits per heavy atom. The van der Waals surface area contributed by atoms with Gasteiger partial charge in [0.05, 0.1) is 11.9 Å². The Morgan fingerprint density at radius 2 is 2.33 bits per heavy atom. The van der Waals surface area contributed by atoms with Crippen molar-refractivity contribution in [3.8, 4) is 0 Å². The van der Waals surface area contributed by atoms with Gasteiger partial charge in [-0.15, -0.1) is 5.10 Å². The molecule has 0 aliphatic rings. The highest BCUT2D eigenvalue weighted by molar-refractivity contribution is 4.97. The van der Waals surface area contributed by atoms with Gasteiger partial charge in [0.2, 0.25) is 0 Å². The summed E-state index contributed by atoms with van der Waals surface area (Å²) in [7, 11) is 0. The standard InChI is InChI=1S/C5H10N4/c1-4(2)5-3-9(6)8-7-5/h3-4H,6H2,1-2H3. The third kappa shape index (κ3) is 1.19. The van der Waals surface area contributed by atoms with E-state index in [-0.39, 0.29) is 0 Å². The van der Waals surface area contributed by atoms with E-state index in [9.17, 15) is 0 Å². The highest BCUT2D eigenvalue weighted by Crippen LogP contribution is 2.07. The van der Waals surface area contributed by atoms with Gasteiger partial charge >= 0.3 is 0 Å². The minimum Gasteiger partial charge on any atom is -0.322 e. The maximum Gasteiger partial charge on any atom is 0.0874 e. The summed E-state index contributed by atoms with van der Waals surface area (Å²) in [6, 6.07) is 0. The third-order valence-corrected chi connectivity index (χ3v) is 1.12. The van der Waals surface area contributed by atoms with E-state index in [1.54, 1.807) is 6.20 Å². The molecule has 0 aliphatic carbocycles. The Morgan fingerprint density at radius 1 is 1.67 bits per heavy atom. The molecule has 0 aromatic carbocycles. The van der Waals surface area contributed by atoms with Gasteiger partial charge in [0, 0.05) is 0 Å². The fourth-order valence-electron chi connectivity index (χ4n) is 0.555. The van der Waals surface area contributed by atoms with Gasteiger partial charge in [-0.25, -0.2) is 0 Å². The first-order valence-electron chi connectivity index (χ1n) is 2.87. The van der Waals surface area contributed by atoms with Crippen molar-refractivity contribution in [2.24, 2.45) is 0 Å². The zero-order valence-corrected chi connectivity index (χ0v) is 5.57. The number of rotatable bonds is 1. The van der Waals surface area contributed by atoms with Gasteiger partial charge in [-0.3, -0.25) is 0 Å². The molecule has 0 radical (unpaired) electrons. The number of hydrogen-bond donors (Lipinski definition) is 1. The molecule has 0 saturated heterocycles. The van der Waals surface area contributed by atoms with E-state index in [0.29, 0.717) is 5.92 Å². The quantitative estimate of drug-likeness (QED) is 0.543. The summed E-state index contributed by atoms with van der Waals surface area (Å²) >= 11 is 0. The summed E-state index contributed by atoms with van der Waals surface area (Å²) in [5.74, 6) is 5.66. The van der Waals surface area contributed by atoms with E-state index in [0.717, 1.165) is 5.69 Å². The molecule has 4 heteroatoms. The molecule has 2 N–H and O–H groups in total. The topological polar surface area (TPSA) is 56.7 Å². The first-order chi connectivity index (χ1) is 4.20. The Hall–Kier alpha value is -1.06. The number of nitrogens with two attached hydrogens (primary N) is 1. The van der Waals surface area contributed by atoms with Crippen LogP contribution in [-0.2, 0) is 0 Å². The van der Waals surface area contributed by atoms with Gasteiger partial charge in [-0.05, 0) is 11.1 Å². The van der Waals surface area contributed by atoms with Crippen LogP contribution in [0.4, 0.5) is 0 Å². The van der Waals surface area contributed by atoms with E-state index >= 15 is 0 Å². The van der Waals surface area contributed by atoms with E-state index in [4.69, 9.17) is 5.84 Å². The lowest BCUT2D eigenvalue weighted by molar-refractivity contribution is 0.752. The molecule has 0 atom stereocenters. The van der Waals surface area contributed by atoms with Crippen LogP contribution in [0.15, 0.2) is 6.20 Å². The lowest BCUT2D eigenvalue weighted by atomic mass is 10.2. The van der Waals surface area contributed by atoms with Crippen molar-refractivity contribution < 1.29 is 0 Å². The van der Waals surface area contributed by atoms with Gasteiger partial charge in [0.1, 0.15) is 0 Å². The molecule has 1 aromatic rings. The molecule has 1 heterocycles. The molecular weight excluding hydrogens is 116 g/mol. The number of nitrogen functional groups attached to an aromatic ring is 1. The van der Waals surface area contributed by atoms with Crippen molar-refractivity contribution in [2.75, 3.05) is 5.84 Å². The predicted octanol–water partition coefficient (Wildman–Crippen LogP) is 0.115. The summed E-state index contributed by atoms with van der Waals surface area (Å²) in [5, 5.41) is 7.39. The molecule has 0 amide bonds. The van der Waals surface area contributed by atoms with Crippen molar-refractivity contribution in [1.82, 2.24) is 15.1 Å². The molecule has 1 rings (SSSR count). The van der Waals surface area contributed by atoms with Crippen LogP contribution in [0, 0.1) is 0 Å². The molecule has 4 nitrogen and oxygen atoms in total. The normalized spacial score (nSPS) is 10.6. The molecule has 9 heavy (non-hydrogen) atoms. The Labute approximate surface area is 53.6 Å². The maximum absolute atomic E-state index is 5.26. The number of aromatic nitrogens is 3. The van der Waals surface area contributed by atoms with Crippen molar-refractivity contribution in [2.45, 2.75) is 19.8 Å². The largest absolute Gasteiger partial charge is 0.322 e. The Balaban J connectivity index is 2.85. The first-order valence-corrected chi connectivity index (χ1v) is 2.87. The van der Waals surface area contributed by atoms with Crippen LogP contribution in [-0.4, -0.2) is 15.1 Å². The average molecular weight is 126 g/mol. The molecule has 0 fully saturated rings. The molecular formula is C5H10N4. The fraction of sp³-hybridized carbons (Fsp3) is 0.600. The Bertz CT molecular complexity index is 191. The molecule has 0 aliphatic heterocycles. The molecule has 50 valence electrons. The maximum atomic E-state index is 5.26. The second kappa shape index (κ2) is 2.05. The third-order valence-electron chi connectivity index (χ3n) is 1.12. The van der Waals surface area contributed by atoms with Crippen LogP contribution in [0.1, 0.15) is 25.5 Å². The fourth-order valence-corrected chi connectivity index (χ4v) is 0.555. The van der Waals surface area contributed by atoms with Crippen LogP contribution in [0.3, 0.4) is 0 Å². The monoisotopic (exact) mass is 126 g/mol. The first kappa shape index (κ1) is 6.07. The van der Waals surface area contributed by atoms with Crippen LogP contribution < -0.4 is 5.84 Å². The average Bonchev–Trinajstić information content (AvgIpc) is 2.14. The zero-order valence-electron chi connectivity index (χ0n) is 5.57. The lowest BCUT2D eigenvalue weighted by Crippen LogP contribution is -2.07. The van der Waals surface area contributed by atoms with Gasteiger partial charge in [0.15, 0.2) is 0 Å². The van der Waals surface area contributed by atoms with Crippen LogP contribution in [0.5, 0.6) is 0 Å². The van der Waals surface area contributed by atoms with Crippen LogP contribution in [0.25, 0.3) is 0 Å². The van der Waals surface area contributed by atoms with E-state index in [1.165, 1.54) is 4.79 Å². The Kier molecular flexibility index (Phi) is 1.38. The lowest BCUT2D eigenvalue weighted by Gasteiger charge is -1.93. The van der Waals surface area contributed by atoms with Gasteiger partial charge in [-0.1, -0.05) is 13.8 Å². The highest BCUT2D eigenvalue weighted by Gasteiger charge is 2.01. The summed E-state index contributed by atoms with van der Waals surface area (Å²) in [6.45, 7) is 4.09. The highest BCUT2D eigenvalue weighted by atomic mass is 15.6. The predicted molar refractivity (Wildman–Crippen MR) is 34.3 cm³/mol. The number of hydrogen-bond acceptors (Lipinski definition) is 3. The smallest absolute Gasteiger partial charge is 0.0874 e. The van der Waals surface area contributed by atoms with E-state index in [2.05, 4.69) is 10.3 Å². The van der Waals surface area contributed by atoms with Crippen molar-refractivity contribution in [1.29, 1.82) is 0 Å². The second-order valence-corrected chi connectivity index (χ2v) is 2.28. The van der Waals surface area contributed by atoms with Crippen LogP contribution in [0.2, 0.25) is 0 Å². The second-order valence-electron chi connectivity index (χ2n) is 2.28. The molecule has 0 spiro atoms. The van der Waals surface area contributed by atoms with Crippen molar-refractivity contribution in [3.05, 3.63) is 11.9 Å². The number of nitrogens with zero attached hydrogens (tertiary/aromatic N) is 3. The zero-order chi connectivity index (χ0) is 6.85. The minimum atomic E-state index is 0.405.